The predicted octanol–water partition coefficient (Wildman–Crippen LogP) is 2.83. The Hall–Kier alpha value is -2.25. The zero-order valence-electron chi connectivity index (χ0n) is 14.9. The first-order valence-corrected chi connectivity index (χ1v) is 9.08. The molecule has 7 heteroatoms. The van der Waals surface area contributed by atoms with Crippen LogP contribution in [-0.4, -0.2) is 33.5 Å². The van der Waals surface area contributed by atoms with E-state index in [1.165, 1.54) is 22.5 Å². The highest BCUT2D eigenvalue weighted by atomic mass is 32.1. The Morgan fingerprint density at radius 1 is 1.36 bits per heavy atom. The van der Waals surface area contributed by atoms with E-state index in [-0.39, 0.29) is 5.91 Å². The average molecular weight is 358 g/mol. The van der Waals surface area contributed by atoms with Gasteiger partial charge in [0.1, 0.15) is 5.69 Å². The van der Waals surface area contributed by atoms with Gasteiger partial charge in [-0.15, -0.1) is 0 Å². The molecule has 132 valence electrons. The van der Waals surface area contributed by atoms with E-state index in [1.54, 1.807) is 24.0 Å². The fourth-order valence-electron chi connectivity index (χ4n) is 2.84. The number of benzene rings is 1. The van der Waals surface area contributed by atoms with E-state index in [4.69, 9.17) is 4.74 Å². The summed E-state index contributed by atoms with van der Waals surface area (Å²) >= 11 is 1.54. The van der Waals surface area contributed by atoms with Gasteiger partial charge < -0.3 is 9.30 Å². The number of carbonyl (C=O) groups excluding carboxylic acids is 1. The SMILES string of the molecule is CCOCCn1c(=NC(=O)c2ccnn2C)sc2c(C)cc(C)cc21. The molecule has 2 aromatic heterocycles. The third-order valence-electron chi connectivity index (χ3n) is 4.01. The molecule has 0 aliphatic heterocycles. The van der Waals surface area contributed by atoms with Crippen LogP contribution in [-0.2, 0) is 18.3 Å². The maximum absolute atomic E-state index is 12.5. The van der Waals surface area contributed by atoms with Crippen LogP contribution in [0.25, 0.3) is 10.2 Å². The molecule has 0 aliphatic rings. The molecular formula is C18H22N4O2S. The van der Waals surface area contributed by atoms with Crippen LogP contribution in [0.5, 0.6) is 0 Å². The molecule has 25 heavy (non-hydrogen) atoms. The number of rotatable bonds is 5. The lowest BCUT2D eigenvalue weighted by molar-refractivity contribution is 0.0987. The number of amides is 1. The summed E-state index contributed by atoms with van der Waals surface area (Å²) in [5.74, 6) is -0.286. The van der Waals surface area contributed by atoms with Crippen molar-refractivity contribution in [1.82, 2.24) is 14.3 Å². The highest BCUT2D eigenvalue weighted by Gasteiger charge is 2.13. The number of hydrogen-bond acceptors (Lipinski definition) is 4. The van der Waals surface area contributed by atoms with E-state index in [0.29, 0.717) is 30.3 Å². The van der Waals surface area contributed by atoms with Gasteiger partial charge in [0.15, 0.2) is 4.80 Å². The van der Waals surface area contributed by atoms with E-state index in [0.717, 1.165) is 10.2 Å². The molecule has 0 unspecified atom stereocenters. The highest BCUT2D eigenvalue weighted by Crippen LogP contribution is 2.23. The topological polar surface area (TPSA) is 61.4 Å². The minimum Gasteiger partial charge on any atom is -0.380 e. The van der Waals surface area contributed by atoms with Gasteiger partial charge in [-0.05, 0) is 44.0 Å². The molecule has 0 N–H and O–H groups in total. The standard InChI is InChI=1S/C18H22N4O2S/c1-5-24-9-8-22-15-11-12(2)10-13(3)16(15)25-18(22)20-17(23)14-6-7-19-21(14)4/h6-7,10-11H,5,8-9H2,1-4H3. The smallest absolute Gasteiger partial charge is 0.297 e. The second-order valence-corrected chi connectivity index (χ2v) is 6.90. The molecule has 3 rings (SSSR count). The van der Waals surface area contributed by atoms with Crippen LogP contribution in [0.1, 0.15) is 28.5 Å². The summed E-state index contributed by atoms with van der Waals surface area (Å²) < 4.78 is 10.3. The molecule has 0 saturated heterocycles. The van der Waals surface area contributed by atoms with Gasteiger partial charge in [0.25, 0.3) is 5.91 Å². The molecule has 0 fully saturated rings. The van der Waals surface area contributed by atoms with E-state index in [2.05, 4.69) is 40.6 Å². The van der Waals surface area contributed by atoms with Crippen molar-refractivity contribution in [3.05, 3.63) is 46.0 Å². The zero-order chi connectivity index (χ0) is 18.0. The molecule has 1 amide bonds. The van der Waals surface area contributed by atoms with Crippen molar-refractivity contribution in [1.29, 1.82) is 0 Å². The number of fused-ring (bicyclic) bond motifs is 1. The minimum absolute atomic E-state index is 0.286. The number of hydrogen-bond donors (Lipinski definition) is 0. The first-order valence-electron chi connectivity index (χ1n) is 8.26. The summed E-state index contributed by atoms with van der Waals surface area (Å²) in [6.07, 6.45) is 1.60. The van der Waals surface area contributed by atoms with E-state index in [1.807, 2.05) is 6.92 Å². The van der Waals surface area contributed by atoms with Crippen LogP contribution >= 0.6 is 11.3 Å². The van der Waals surface area contributed by atoms with E-state index in [9.17, 15) is 4.79 Å². The average Bonchev–Trinajstić information content (AvgIpc) is 3.12. The summed E-state index contributed by atoms with van der Waals surface area (Å²) in [5, 5.41) is 4.04. The van der Waals surface area contributed by atoms with Crippen LogP contribution in [0, 0.1) is 13.8 Å². The van der Waals surface area contributed by atoms with Crippen LogP contribution < -0.4 is 4.80 Å². The zero-order valence-corrected chi connectivity index (χ0v) is 15.8. The van der Waals surface area contributed by atoms with E-state index >= 15 is 0 Å². The third-order valence-corrected chi connectivity index (χ3v) is 5.24. The predicted molar refractivity (Wildman–Crippen MR) is 98.9 cm³/mol. The van der Waals surface area contributed by atoms with Crippen molar-refractivity contribution in [3.8, 4) is 0 Å². The maximum atomic E-state index is 12.5. The molecule has 1 aromatic carbocycles. The number of carbonyl (C=O) groups is 1. The molecule has 0 spiro atoms. The Morgan fingerprint density at radius 3 is 2.84 bits per heavy atom. The summed E-state index contributed by atoms with van der Waals surface area (Å²) in [5.41, 5.74) is 3.96. The van der Waals surface area contributed by atoms with Crippen molar-refractivity contribution in [2.45, 2.75) is 27.3 Å². The number of ether oxygens (including phenoxy) is 1. The molecule has 2 heterocycles. The Labute approximate surface area is 150 Å². The molecule has 0 aliphatic carbocycles. The van der Waals surface area contributed by atoms with Gasteiger partial charge in [0.05, 0.1) is 16.8 Å². The molecule has 3 aromatic rings. The van der Waals surface area contributed by atoms with Gasteiger partial charge >= 0.3 is 0 Å². The lowest BCUT2D eigenvalue weighted by Crippen LogP contribution is -2.20. The van der Waals surface area contributed by atoms with Crippen LogP contribution in [0.4, 0.5) is 0 Å². The second-order valence-electron chi connectivity index (χ2n) is 5.92. The van der Waals surface area contributed by atoms with Gasteiger partial charge in [-0.2, -0.15) is 10.1 Å². The lowest BCUT2D eigenvalue weighted by atomic mass is 10.1. The lowest BCUT2D eigenvalue weighted by Gasteiger charge is -2.07. The monoisotopic (exact) mass is 358 g/mol. The van der Waals surface area contributed by atoms with Gasteiger partial charge in [-0.1, -0.05) is 17.4 Å². The van der Waals surface area contributed by atoms with Crippen LogP contribution in [0.15, 0.2) is 29.4 Å². The minimum atomic E-state index is -0.286. The number of aryl methyl sites for hydroxylation is 3. The number of aromatic nitrogens is 3. The van der Waals surface area contributed by atoms with Gasteiger partial charge in [-0.25, -0.2) is 0 Å². The summed E-state index contributed by atoms with van der Waals surface area (Å²) in [6, 6.07) is 5.97. The Morgan fingerprint density at radius 2 is 2.16 bits per heavy atom. The summed E-state index contributed by atoms with van der Waals surface area (Å²) in [4.78, 5) is 17.6. The van der Waals surface area contributed by atoms with Gasteiger partial charge in [0, 0.05) is 26.4 Å². The van der Waals surface area contributed by atoms with Crippen LogP contribution in [0.2, 0.25) is 0 Å². The third kappa shape index (κ3) is 3.57. The fourth-order valence-corrected chi connectivity index (χ4v) is 3.95. The summed E-state index contributed by atoms with van der Waals surface area (Å²) in [6.45, 7) is 8.06. The highest BCUT2D eigenvalue weighted by molar-refractivity contribution is 7.16. The Bertz CT molecular complexity index is 981. The van der Waals surface area contributed by atoms with Crippen molar-refractivity contribution in [2.24, 2.45) is 12.0 Å². The van der Waals surface area contributed by atoms with Crippen molar-refractivity contribution < 1.29 is 9.53 Å². The molecule has 0 atom stereocenters. The largest absolute Gasteiger partial charge is 0.380 e. The van der Waals surface area contributed by atoms with E-state index < -0.39 is 0 Å². The Kier molecular flexibility index (Phi) is 5.15. The van der Waals surface area contributed by atoms with Crippen LogP contribution in [0.3, 0.4) is 0 Å². The molecule has 0 bridgehead atoms. The molecular weight excluding hydrogens is 336 g/mol. The second kappa shape index (κ2) is 7.33. The van der Waals surface area contributed by atoms with Gasteiger partial charge in [-0.3, -0.25) is 9.48 Å². The van der Waals surface area contributed by atoms with Crippen molar-refractivity contribution in [2.75, 3.05) is 13.2 Å². The molecule has 0 saturated carbocycles. The molecule has 6 nitrogen and oxygen atoms in total. The summed E-state index contributed by atoms with van der Waals surface area (Å²) in [7, 11) is 1.74. The maximum Gasteiger partial charge on any atom is 0.297 e. The first-order chi connectivity index (χ1) is 12.0. The Balaban J connectivity index is 2.14. The molecule has 0 radical (unpaired) electrons. The quantitative estimate of drug-likeness (QED) is 0.659. The van der Waals surface area contributed by atoms with Crippen molar-refractivity contribution in [3.63, 3.8) is 0 Å². The normalized spacial score (nSPS) is 12.2. The fraction of sp³-hybridized carbons (Fsp3) is 0.389. The first kappa shape index (κ1) is 17.6. The number of nitrogens with zero attached hydrogens (tertiary/aromatic N) is 4. The van der Waals surface area contributed by atoms with Gasteiger partial charge in [0.2, 0.25) is 0 Å². The van der Waals surface area contributed by atoms with Crippen molar-refractivity contribution >= 4 is 27.5 Å². The number of thiazole rings is 1.